The summed E-state index contributed by atoms with van der Waals surface area (Å²) >= 11 is 5.72. The average Bonchev–Trinajstić information content (AvgIpc) is 2.01. The van der Waals surface area contributed by atoms with Crippen LogP contribution >= 0.6 is 11.6 Å². The van der Waals surface area contributed by atoms with Gasteiger partial charge in [-0.2, -0.15) is 5.26 Å². The van der Waals surface area contributed by atoms with Gasteiger partial charge in [0.1, 0.15) is 17.4 Å². The molecular formula is C9H9ClN2O2. The zero-order chi connectivity index (χ0) is 10.7. The number of ether oxygens (including phenoxy) is 1. The first kappa shape index (κ1) is 10.8. The van der Waals surface area contributed by atoms with Crippen LogP contribution in [0.1, 0.15) is 18.2 Å². The largest absolute Gasteiger partial charge is 0.464 e. The normalized spacial score (nSPS) is 11.9. The summed E-state index contributed by atoms with van der Waals surface area (Å²) in [6.07, 6.45) is -0.986. The van der Waals surface area contributed by atoms with Crippen molar-refractivity contribution < 1.29 is 9.84 Å². The summed E-state index contributed by atoms with van der Waals surface area (Å²) in [5.41, 5.74) is 0.766. The molecule has 5 heteroatoms. The second-order valence-electron chi connectivity index (χ2n) is 2.76. The Kier molecular flexibility index (Phi) is 3.28. The molecule has 0 radical (unpaired) electrons. The minimum absolute atomic E-state index is 0.0863. The van der Waals surface area contributed by atoms with Crippen LogP contribution in [-0.4, -0.2) is 16.4 Å². The fourth-order valence-electron chi connectivity index (χ4n) is 0.984. The number of aryl methyl sites for hydroxylation is 1. The highest BCUT2D eigenvalue weighted by molar-refractivity contribution is 6.30. The lowest BCUT2D eigenvalue weighted by molar-refractivity contribution is -0.000594. The first-order valence-electron chi connectivity index (χ1n) is 3.96. The molecule has 0 aliphatic heterocycles. The molecule has 0 bridgehead atoms. The predicted molar refractivity (Wildman–Crippen MR) is 51.0 cm³/mol. The lowest BCUT2D eigenvalue weighted by Gasteiger charge is -2.11. The fraction of sp³-hybridized carbons (Fsp3) is 0.333. The molecule has 1 rings (SSSR count). The number of hydrogen-bond acceptors (Lipinski definition) is 4. The maximum atomic E-state index is 9.01. The summed E-state index contributed by atoms with van der Waals surface area (Å²) in [7, 11) is 0. The molecule has 0 aromatic carbocycles. The third-order valence-corrected chi connectivity index (χ3v) is 1.75. The zero-order valence-corrected chi connectivity index (χ0v) is 8.54. The molecule has 0 saturated heterocycles. The number of aliphatic hydroxyl groups excluding tert-OH is 1. The van der Waals surface area contributed by atoms with Crippen LogP contribution in [0.4, 0.5) is 0 Å². The SMILES string of the molecule is Cc1cc(OC(C)O)c(C#N)c(Cl)n1. The molecule has 0 saturated carbocycles. The molecular weight excluding hydrogens is 204 g/mol. The van der Waals surface area contributed by atoms with Gasteiger partial charge in [-0.15, -0.1) is 0 Å². The maximum absolute atomic E-state index is 9.01. The molecule has 0 aliphatic carbocycles. The van der Waals surface area contributed by atoms with Crippen LogP contribution in [0.25, 0.3) is 0 Å². The molecule has 0 fully saturated rings. The van der Waals surface area contributed by atoms with Crippen molar-refractivity contribution in [3.8, 4) is 11.8 Å². The summed E-state index contributed by atoms with van der Waals surface area (Å²) in [5.74, 6) is 0.250. The van der Waals surface area contributed by atoms with Gasteiger partial charge >= 0.3 is 0 Å². The molecule has 4 nitrogen and oxygen atoms in total. The number of aliphatic hydroxyl groups is 1. The van der Waals surface area contributed by atoms with E-state index in [1.165, 1.54) is 6.92 Å². The third-order valence-electron chi connectivity index (χ3n) is 1.48. The number of halogens is 1. The summed E-state index contributed by atoms with van der Waals surface area (Å²) < 4.78 is 5.01. The van der Waals surface area contributed by atoms with Crippen LogP contribution in [-0.2, 0) is 0 Å². The molecule has 1 atom stereocenters. The predicted octanol–water partition coefficient (Wildman–Crippen LogP) is 1.63. The van der Waals surface area contributed by atoms with Crippen LogP contribution in [0.2, 0.25) is 5.15 Å². The van der Waals surface area contributed by atoms with Crippen molar-refractivity contribution in [2.45, 2.75) is 20.1 Å². The van der Waals surface area contributed by atoms with Crippen LogP contribution in [0.3, 0.4) is 0 Å². The molecule has 0 spiro atoms. The van der Waals surface area contributed by atoms with Crippen molar-refractivity contribution in [1.29, 1.82) is 5.26 Å². The molecule has 0 aliphatic rings. The van der Waals surface area contributed by atoms with E-state index in [9.17, 15) is 0 Å². The lowest BCUT2D eigenvalue weighted by atomic mass is 10.2. The van der Waals surface area contributed by atoms with Gasteiger partial charge < -0.3 is 9.84 Å². The Morgan fingerprint density at radius 1 is 1.71 bits per heavy atom. The van der Waals surface area contributed by atoms with Crippen molar-refractivity contribution in [3.63, 3.8) is 0 Å². The van der Waals surface area contributed by atoms with E-state index in [0.29, 0.717) is 5.69 Å². The van der Waals surface area contributed by atoms with E-state index in [0.717, 1.165) is 0 Å². The standard InChI is InChI=1S/C9H9ClN2O2/c1-5-3-8(14-6(2)13)7(4-11)9(10)12-5/h3,6,13H,1-2H3. The van der Waals surface area contributed by atoms with Crippen LogP contribution in [0, 0.1) is 18.3 Å². The molecule has 74 valence electrons. The Morgan fingerprint density at radius 2 is 2.36 bits per heavy atom. The number of rotatable bonds is 2. The minimum atomic E-state index is -0.986. The molecule has 1 aromatic heterocycles. The summed E-state index contributed by atoms with van der Waals surface area (Å²) in [5, 5.41) is 17.9. The van der Waals surface area contributed by atoms with E-state index < -0.39 is 6.29 Å². The van der Waals surface area contributed by atoms with E-state index in [2.05, 4.69) is 4.98 Å². The van der Waals surface area contributed by atoms with E-state index in [1.807, 2.05) is 6.07 Å². The molecule has 1 unspecified atom stereocenters. The van der Waals surface area contributed by atoms with Crippen molar-refractivity contribution >= 4 is 11.6 Å². The Labute approximate surface area is 86.7 Å². The molecule has 1 heterocycles. The minimum Gasteiger partial charge on any atom is -0.464 e. The van der Waals surface area contributed by atoms with Crippen LogP contribution in [0.15, 0.2) is 6.07 Å². The summed E-state index contributed by atoms with van der Waals surface area (Å²) in [4.78, 5) is 3.89. The third kappa shape index (κ3) is 2.34. The van der Waals surface area contributed by atoms with Gasteiger partial charge in [-0.25, -0.2) is 4.98 Å². The van der Waals surface area contributed by atoms with Crippen molar-refractivity contribution in [2.24, 2.45) is 0 Å². The number of nitriles is 1. The van der Waals surface area contributed by atoms with Gasteiger partial charge in [0.05, 0.1) is 0 Å². The van der Waals surface area contributed by atoms with Gasteiger partial charge in [0.15, 0.2) is 11.4 Å². The molecule has 1 N–H and O–H groups in total. The average molecular weight is 213 g/mol. The highest BCUT2D eigenvalue weighted by Gasteiger charge is 2.12. The van der Waals surface area contributed by atoms with Crippen LogP contribution in [0.5, 0.6) is 5.75 Å². The molecule has 1 aromatic rings. The number of nitrogens with zero attached hydrogens (tertiary/aromatic N) is 2. The van der Waals surface area contributed by atoms with Crippen molar-refractivity contribution in [2.75, 3.05) is 0 Å². The van der Waals surface area contributed by atoms with Crippen molar-refractivity contribution in [1.82, 2.24) is 4.98 Å². The van der Waals surface area contributed by atoms with E-state index in [4.69, 9.17) is 26.7 Å². The number of aromatic nitrogens is 1. The highest BCUT2D eigenvalue weighted by Crippen LogP contribution is 2.25. The number of hydrogen-bond donors (Lipinski definition) is 1. The summed E-state index contributed by atoms with van der Waals surface area (Å²) in [6.45, 7) is 3.17. The smallest absolute Gasteiger partial charge is 0.194 e. The van der Waals surface area contributed by atoms with E-state index in [-0.39, 0.29) is 16.5 Å². The molecule has 0 amide bonds. The Bertz CT molecular complexity index is 385. The topological polar surface area (TPSA) is 66.1 Å². The van der Waals surface area contributed by atoms with Crippen LogP contribution < -0.4 is 4.74 Å². The van der Waals surface area contributed by atoms with E-state index in [1.54, 1.807) is 13.0 Å². The van der Waals surface area contributed by atoms with Gasteiger partial charge in [-0.3, -0.25) is 0 Å². The lowest BCUT2D eigenvalue weighted by Crippen LogP contribution is -2.11. The Hall–Kier alpha value is -1.31. The second kappa shape index (κ2) is 4.27. The first-order chi connectivity index (χ1) is 6.54. The zero-order valence-electron chi connectivity index (χ0n) is 7.78. The quantitative estimate of drug-likeness (QED) is 0.598. The van der Waals surface area contributed by atoms with Gasteiger partial charge in [0.25, 0.3) is 0 Å². The Balaban J connectivity index is 3.20. The second-order valence-corrected chi connectivity index (χ2v) is 3.11. The highest BCUT2D eigenvalue weighted by atomic mass is 35.5. The van der Waals surface area contributed by atoms with Gasteiger partial charge in [0, 0.05) is 11.8 Å². The number of pyridine rings is 1. The maximum Gasteiger partial charge on any atom is 0.194 e. The first-order valence-corrected chi connectivity index (χ1v) is 4.34. The van der Waals surface area contributed by atoms with E-state index >= 15 is 0 Å². The van der Waals surface area contributed by atoms with Crippen molar-refractivity contribution in [3.05, 3.63) is 22.5 Å². The van der Waals surface area contributed by atoms with Gasteiger partial charge in [-0.05, 0) is 13.8 Å². The molecule has 14 heavy (non-hydrogen) atoms. The summed E-state index contributed by atoms with van der Waals surface area (Å²) in [6, 6.07) is 3.42. The monoisotopic (exact) mass is 212 g/mol. The Morgan fingerprint density at radius 3 is 2.86 bits per heavy atom. The van der Waals surface area contributed by atoms with Gasteiger partial charge in [-0.1, -0.05) is 11.6 Å². The van der Waals surface area contributed by atoms with Gasteiger partial charge in [0.2, 0.25) is 0 Å². The fourth-order valence-corrected chi connectivity index (χ4v) is 1.25.